The van der Waals surface area contributed by atoms with E-state index in [4.69, 9.17) is 9.79 Å². The maximum absolute atomic E-state index is 11.9. The Balaban J connectivity index is 2.95. The summed E-state index contributed by atoms with van der Waals surface area (Å²) in [6.07, 6.45) is -0.557. The molecular formula is C10H13N2O5P. The third kappa shape index (κ3) is 1.71. The van der Waals surface area contributed by atoms with Gasteiger partial charge in [-0.3, -0.25) is 18.7 Å². The standard InChI is InChI=1S/C10H13N2O5P/c1-5-7(3)11-8(4-18(15,16)17)6(2)10(14)12(11)9(5)13/h4H2,1-3H3,(H2,15,16,17). The van der Waals surface area contributed by atoms with Crippen LogP contribution in [0.1, 0.15) is 22.5 Å². The maximum Gasteiger partial charge on any atom is 0.331 e. The lowest BCUT2D eigenvalue weighted by Gasteiger charge is -2.05. The molecule has 0 saturated heterocycles. The number of aromatic nitrogens is 2. The molecule has 0 bridgehead atoms. The highest BCUT2D eigenvalue weighted by Crippen LogP contribution is 2.39. The molecule has 0 aliphatic heterocycles. The number of hydrogen-bond donors (Lipinski definition) is 2. The smallest absolute Gasteiger partial charge is 0.324 e. The van der Waals surface area contributed by atoms with Crippen molar-refractivity contribution in [3.05, 3.63) is 43.2 Å². The molecule has 8 heteroatoms. The van der Waals surface area contributed by atoms with Crippen molar-refractivity contribution in [2.75, 3.05) is 0 Å². The molecule has 98 valence electrons. The summed E-state index contributed by atoms with van der Waals surface area (Å²) >= 11 is 0. The van der Waals surface area contributed by atoms with E-state index in [-0.39, 0.29) is 11.3 Å². The predicted octanol–water partition coefficient (Wildman–Crippen LogP) is -0.200. The first-order valence-corrected chi connectivity index (χ1v) is 7.05. The molecule has 0 radical (unpaired) electrons. The SMILES string of the molecule is Cc1c(C)n2c(CP(=O)(O)O)c(C)c(=O)n2c1=O. The van der Waals surface area contributed by atoms with Gasteiger partial charge in [0.1, 0.15) is 0 Å². The molecule has 2 aromatic heterocycles. The van der Waals surface area contributed by atoms with E-state index >= 15 is 0 Å². The summed E-state index contributed by atoms with van der Waals surface area (Å²) in [7, 11) is -4.31. The summed E-state index contributed by atoms with van der Waals surface area (Å²) in [6, 6.07) is 0. The topological polar surface area (TPSA) is 100 Å². The van der Waals surface area contributed by atoms with Crippen LogP contribution in [0.5, 0.6) is 0 Å². The van der Waals surface area contributed by atoms with Crippen LogP contribution in [-0.2, 0) is 10.7 Å². The maximum atomic E-state index is 11.9. The average molecular weight is 272 g/mol. The van der Waals surface area contributed by atoms with Gasteiger partial charge in [-0.1, -0.05) is 0 Å². The van der Waals surface area contributed by atoms with Crippen LogP contribution >= 0.6 is 7.60 Å². The largest absolute Gasteiger partial charge is 0.331 e. The Morgan fingerprint density at radius 1 is 1.00 bits per heavy atom. The van der Waals surface area contributed by atoms with Gasteiger partial charge in [-0.25, -0.2) is 0 Å². The second-order valence-corrected chi connectivity index (χ2v) is 5.98. The predicted molar refractivity (Wildman–Crippen MR) is 64.5 cm³/mol. The molecule has 0 aliphatic rings. The lowest BCUT2D eigenvalue weighted by molar-refractivity contribution is 0.370. The van der Waals surface area contributed by atoms with Gasteiger partial charge in [-0.15, -0.1) is 0 Å². The van der Waals surface area contributed by atoms with Gasteiger partial charge in [0.15, 0.2) is 0 Å². The zero-order valence-electron chi connectivity index (χ0n) is 10.2. The molecule has 0 aliphatic carbocycles. The number of nitrogens with zero attached hydrogens (tertiary/aromatic N) is 2. The van der Waals surface area contributed by atoms with E-state index in [1.54, 1.807) is 13.8 Å². The third-order valence-electron chi connectivity index (χ3n) is 3.13. The van der Waals surface area contributed by atoms with Crippen molar-refractivity contribution in [3.8, 4) is 0 Å². The molecule has 0 atom stereocenters. The van der Waals surface area contributed by atoms with E-state index < -0.39 is 24.9 Å². The Hall–Kier alpha value is -1.43. The fraction of sp³-hybridized carbons (Fsp3) is 0.400. The van der Waals surface area contributed by atoms with Crippen LogP contribution in [0.2, 0.25) is 0 Å². The summed E-state index contributed by atoms with van der Waals surface area (Å²) < 4.78 is 13.3. The Kier molecular flexibility index (Phi) is 2.73. The minimum atomic E-state index is -4.31. The van der Waals surface area contributed by atoms with Gasteiger partial charge >= 0.3 is 7.60 Å². The van der Waals surface area contributed by atoms with Crippen molar-refractivity contribution in [2.24, 2.45) is 0 Å². The van der Waals surface area contributed by atoms with Gasteiger partial charge in [0, 0.05) is 16.8 Å². The third-order valence-corrected chi connectivity index (χ3v) is 3.84. The summed E-state index contributed by atoms with van der Waals surface area (Å²) in [4.78, 5) is 41.8. The summed E-state index contributed by atoms with van der Waals surface area (Å²) in [6.45, 7) is 4.67. The molecule has 18 heavy (non-hydrogen) atoms. The van der Waals surface area contributed by atoms with E-state index in [1.165, 1.54) is 11.4 Å². The Morgan fingerprint density at radius 2 is 1.50 bits per heavy atom. The van der Waals surface area contributed by atoms with Crippen molar-refractivity contribution in [1.29, 1.82) is 0 Å². The van der Waals surface area contributed by atoms with Gasteiger partial charge in [-0.2, -0.15) is 4.52 Å². The molecule has 0 saturated carbocycles. The average Bonchev–Trinajstić information content (AvgIpc) is 2.60. The molecule has 2 N–H and O–H groups in total. The Bertz CT molecular complexity index is 782. The van der Waals surface area contributed by atoms with Gasteiger partial charge < -0.3 is 9.79 Å². The van der Waals surface area contributed by atoms with Gasteiger partial charge in [0.2, 0.25) is 0 Å². The molecule has 2 heterocycles. The van der Waals surface area contributed by atoms with Crippen LogP contribution < -0.4 is 11.1 Å². The molecule has 0 spiro atoms. The normalized spacial score (nSPS) is 12.5. The highest BCUT2D eigenvalue weighted by Gasteiger charge is 2.25. The van der Waals surface area contributed by atoms with Gasteiger partial charge in [0.25, 0.3) is 11.1 Å². The first-order chi connectivity index (χ1) is 8.15. The summed E-state index contributed by atoms with van der Waals surface area (Å²) in [5.74, 6) is 0. The minimum Gasteiger partial charge on any atom is -0.324 e. The number of rotatable bonds is 2. The quantitative estimate of drug-likeness (QED) is 0.737. The fourth-order valence-electron chi connectivity index (χ4n) is 2.04. The van der Waals surface area contributed by atoms with E-state index in [1.807, 2.05) is 0 Å². The first-order valence-electron chi connectivity index (χ1n) is 5.26. The monoisotopic (exact) mass is 272 g/mol. The molecule has 7 nitrogen and oxygen atoms in total. The van der Waals surface area contributed by atoms with Crippen molar-refractivity contribution in [2.45, 2.75) is 26.9 Å². The van der Waals surface area contributed by atoms with E-state index in [9.17, 15) is 14.2 Å². The molecule has 0 fully saturated rings. The number of fused-ring (bicyclic) bond motifs is 1. The highest BCUT2D eigenvalue weighted by molar-refractivity contribution is 7.50. The second kappa shape index (κ2) is 3.78. The Labute approximate surface area is 102 Å². The molecule has 0 aromatic carbocycles. The zero-order valence-corrected chi connectivity index (χ0v) is 11.1. The fourth-order valence-corrected chi connectivity index (χ4v) is 2.80. The van der Waals surface area contributed by atoms with Crippen LogP contribution in [0, 0.1) is 20.8 Å². The van der Waals surface area contributed by atoms with Crippen LogP contribution in [0.15, 0.2) is 9.59 Å². The van der Waals surface area contributed by atoms with E-state index in [0.29, 0.717) is 11.3 Å². The molecule has 2 aromatic rings. The van der Waals surface area contributed by atoms with Gasteiger partial charge in [-0.05, 0) is 20.8 Å². The van der Waals surface area contributed by atoms with E-state index in [0.717, 1.165) is 4.52 Å². The van der Waals surface area contributed by atoms with Crippen molar-refractivity contribution in [3.63, 3.8) is 0 Å². The van der Waals surface area contributed by atoms with Crippen LogP contribution in [0.4, 0.5) is 0 Å². The summed E-state index contributed by atoms with van der Waals surface area (Å²) in [5.41, 5.74) is 0.333. The number of aryl methyl sites for hydroxylation is 1. The first kappa shape index (κ1) is 13.0. The van der Waals surface area contributed by atoms with Crippen LogP contribution in [0.3, 0.4) is 0 Å². The zero-order chi connectivity index (χ0) is 13.8. The van der Waals surface area contributed by atoms with Crippen LogP contribution in [0.25, 0.3) is 0 Å². The van der Waals surface area contributed by atoms with Crippen molar-refractivity contribution >= 4 is 7.60 Å². The van der Waals surface area contributed by atoms with E-state index in [2.05, 4.69) is 0 Å². The minimum absolute atomic E-state index is 0.191. The molecular weight excluding hydrogens is 259 g/mol. The lowest BCUT2D eigenvalue weighted by atomic mass is 10.2. The summed E-state index contributed by atoms with van der Waals surface area (Å²) in [5, 5.41) is 0. The lowest BCUT2D eigenvalue weighted by Crippen LogP contribution is -2.23. The number of hydrogen-bond acceptors (Lipinski definition) is 3. The Morgan fingerprint density at radius 3 is 2.00 bits per heavy atom. The highest BCUT2D eigenvalue weighted by atomic mass is 31.2. The van der Waals surface area contributed by atoms with Crippen molar-refractivity contribution < 1.29 is 14.4 Å². The van der Waals surface area contributed by atoms with Crippen LogP contribution in [-0.4, -0.2) is 18.8 Å². The van der Waals surface area contributed by atoms with Gasteiger partial charge in [0.05, 0.1) is 11.9 Å². The molecule has 2 rings (SSSR count). The molecule has 0 amide bonds. The second-order valence-electron chi connectivity index (χ2n) is 4.34. The van der Waals surface area contributed by atoms with Crippen molar-refractivity contribution in [1.82, 2.24) is 9.03 Å². The molecule has 0 unspecified atom stereocenters.